The standard InChI is InChI=1S/C13H16INO5S/c1-18-12-7-8-13(19-2,20-12)9-15-21(16,17)11-5-3-10(14)4-6-11/h3-8,12,15H,9H2,1-2H3. The molecule has 0 saturated heterocycles. The van der Waals surface area contributed by atoms with Crippen LogP contribution in [-0.4, -0.2) is 41.3 Å². The number of hydrogen-bond acceptors (Lipinski definition) is 5. The second-order valence-corrected chi connectivity index (χ2v) is 7.39. The van der Waals surface area contributed by atoms with Crippen LogP contribution in [0.2, 0.25) is 0 Å². The Hall–Kier alpha value is -0.520. The molecule has 2 rings (SSSR count). The molecule has 6 nitrogen and oxygen atoms in total. The first-order chi connectivity index (χ1) is 9.91. The third-order valence-electron chi connectivity index (χ3n) is 3.03. The second-order valence-electron chi connectivity index (χ2n) is 4.38. The maximum Gasteiger partial charge on any atom is 0.240 e. The lowest BCUT2D eigenvalue weighted by atomic mass is 10.3. The normalized spacial score (nSPS) is 25.4. The summed E-state index contributed by atoms with van der Waals surface area (Å²) in [6.45, 7) is -0.0474. The van der Waals surface area contributed by atoms with Crippen molar-refractivity contribution in [1.82, 2.24) is 4.72 Å². The van der Waals surface area contributed by atoms with Crippen LogP contribution in [0.1, 0.15) is 0 Å². The first-order valence-electron chi connectivity index (χ1n) is 6.11. The van der Waals surface area contributed by atoms with Gasteiger partial charge in [-0.3, -0.25) is 0 Å². The lowest BCUT2D eigenvalue weighted by molar-refractivity contribution is -0.237. The minimum Gasteiger partial charge on any atom is -0.352 e. The molecule has 0 fully saturated rings. The number of nitrogens with one attached hydrogen (secondary N) is 1. The van der Waals surface area contributed by atoms with Crippen LogP contribution in [0.25, 0.3) is 0 Å². The van der Waals surface area contributed by atoms with Crippen molar-refractivity contribution in [3.63, 3.8) is 0 Å². The highest BCUT2D eigenvalue weighted by Crippen LogP contribution is 2.24. The lowest BCUT2D eigenvalue weighted by Gasteiger charge is -2.27. The van der Waals surface area contributed by atoms with Gasteiger partial charge < -0.3 is 14.2 Å². The van der Waals surface area contributed by atoms with Crippen LogP contribution in [0.5, 0.6) is 0 Å². The molecule has 21 heavy (non-hydrogen) atoms. The predicted octanol–water partition coefficient (Wildman–Crippen LogP) is 1.47. The molecular formula is C13H16INO5S. The van der Waals surface area contributed by atoms with E-state index in [2.05, 4.69) is 27.3 Å². The quantitative estimate of drug-likeness (QED) is 0.552. The van der Waals surface area contributed by atoms with Crippen molar-refractivity contribution in [1.29, 1.82) is 0 Å². The van der Waals surface area contributed by atoms with Crippen LogP contribution in [0.15, 0.2) is 41.3 Å². The van der Waals surface area contributed by atoms with Gasteiger partial charge in [0.05, 0.1) is 11.4 Å². The Morgan fingerprint density at radius 2 is 2.00 bits per heavy atom. The maximum absolute atomic E-state index is 12.2. The minimum atomic E-state index is -3.62. The topological polar surface area (TPSA) is 73.9 Å². The Bertz CT molecular complexity index is 616. The van der Waals surface area contributed by atoms with Crippen LogP contribution < -0.4 is 4.72 Å². The van der Waals surface area contributed by atoms with Gasteiger partial charge in [0.1, 0.15) is 0 Å². The van der Waals surface area contributed by atoms with Crippen LogP contribution in [0.3, 0.4) is 0 Å². The highest BCUT2D eigenvalue weighted by Gasteiger charge is 2.37. The molecule has 116 valence electrons. The maximum atomic E-state index is 12.2. The molecule has 1 N–H and O–H groups in total. The van der Waals surface area contributed by atoms with Crippen molar-refractivity contribution in [3.05, 3.63) is 40.0 Å². The summed E-state index contributed by atoms with van der Waals surface area (Å²) in [7, 11) is -0.682. The van der Waals surface area contributed by atoms with E-state index in [-0.39, 0.29) is 11.4 Å². The van der Waals surface area contributed by atoms with Gasteiger partial charge in [0, 0.05) is 17.8 Å². The third kappa shape index (κ3) is 4.02. The zero-order valence-corrected chi connectivity index (χ0v) is 14.6. The van der Waals surface area contributed by atoms with E-state index >= 15 is 0 Å². The Morgan fingerprint density at radius 3 is 2.52 bits per heavy atom. The summed E-state index contributed by atoms with van der Waals surface area (Å²) in [5, 5.41) is 0. The highest BCUT2D eigenvalue weighted by molar-refractivity contribution is 14.1. The van der Waals surface area contributed by atoms with Crippen LogP contribution in [0.4, 0.5) is 0 Å². The molecule has 0 amide bonds. The van der Waals surface area contributed by atoms with Gasteiger partial charge in [-0.2, -0.15) is 0 Å². The van der Waals surface area contributed by atoms with E-state index in [4.69, 9.17) is 14.2 Å². The van der Waals surface area contributed by atoms with E-state index in [0.717, 1.165) is 3.57 Å². The van der Waals surface area contributed by atoms with Gasteiger partial charge in [0.25, 0.3) is 0 Å². The molecule has 0 aromatic heterocycles. The summed E-state index contributed by atoms with van der Waals surface area (Å²) in [6.07, 6.45) is 2.76. The molecule has 0 radical (unpaired) electrons. The van der Waals surface area contributed by atoms with Gasteiger partial charge in [-0.25, -0.2) is 13.1 Å². The number of sulfonamides is 1. The number of rotatable bonds is 6. The zero-order chi connectivity index (χ0) is 15.5. The van der Waals surface area contributed by atoms with Crippen molar-refractivity contribution in [3.8, 4) is 0 Å². The Labute approximate surface area is 137 Å². The van der Waals surface area contributed by atoms with Crippen LogP contribution >= 0.6 is 22.6 Å². The summed E-state index contributed by atoms with van der Waals surface area (Å²) < 4.78 is 43.7. The first kappa shape index (κ1) is 16.8. The molecule has 1 aliphatic rings. The summed E-state index contributed by atoms with van der Waals surface area (Å²) in [6, 6.07) is 6.56. The molecule has 0 saturated carbocycles. The summed E-state index contributed by atoms with van der Waals surface area (Å²) in [5.41, 5.74) is 0. The molecular weight excluding hydrogens is 409 g/mol. The lowest BCUT2D eigenvalue weighted by Crippen LogP contribution is -2.44. The van der Waals surface area contributed by atoms with Gasteiger partial charge >= 0.3 is 0 Å². The molecule has 1 aromatic carbocycles. The zero-order valence-electron chi connectivity index (χ0n) is 11.6. The Morgan fingerprint density at radius 1 is 1.33 bits per heavy atom. The van der Waals surface area contributed by atoms with Crippen LogP contribution in [0, 0.1) is 3.57 Å². The summed E-state index contributed by atoms with van der Waals surface area (Å²) in [4.78, 5) is 0.194. The van der Waals surface area contributed by atoms with Crippen molar-refractivity contribution >= 4 is 32.6 Å². The molecule has 0 spiro atoms. The molecule has 0 bridgehead atoms. The van der Waals surface area contributed by atoms with Crippen molar-refractivity contribution in [2.24, 2.45) is 0 Å². The summed E-state index contributed by atoms with van der Waals surface area (Å²) in [5.74, 6) is -1.16. The number of methoxy groups -OCH3 is 2. The van der Waals surface area contributed by atoms with Gasteiger partial charge in [-0.1, -0.05) is 0 Å². The monoisotopic (exact) mass is 425 g/mol. The fraction of sp³-hybridized carbons (Fsp3) is 0.385. The number of benzene rings is 1. The molecule has 1 aromatic rings. The van der Waals surface area contributed by atoms with E-state index < -0.39 is 22.1 Å². The van der Waals surface area contributed by atoms with E-state index in [9.17, 15) is 8.42 Å². The number of hydrogen-bond donors (Lipinski definition) is 1. The number of ether oxygens (including phenoxy) is 3. The average Bonchev–Trinajstić information content (AvgIpc) is 2.90. The number of halogens is 1. The SMILES string of the molecule is COC1C=CC(CNS(=O)(=O)c2ccc(I)cc2)(OC)O1. The van der Waals surface area contributed by atoms with Crippen molar-refractivity contribution < 1.29 is 22.6 Å². The molecule has 1 aliphatic heterocycles. The predicted molar refractivity (Wildman–Crippen MR) is 85.1 cm³/mol. The van der Waals surface area contributed by atoms with E-state index in [1.165, 1.54) is 14.2 Å². The van der Waals surface area contributed by atoms with Gasteiger partial charge in [-0.15, -0.1) is 0 Å². The minimum absolute atomic E-state index is 0.0474. The third-order valence-corrected chi connectivity index (χ3v) is 5.17. The average molecular weight is 425 g/mol. The van der Waals surface area contributed by atoms with Gasteiger partial charge in [0.15, 0.2) is 6.29 Å². The molecule has 2 unspecified atom stereocenters. The van der Waals surface area contributed by atoms with Gasteiger partial charge in [-0.05, 0) is 59.0 Å². The molecule has 8 heteroatoms. The second kappa shape index (κ2) is 6.71. The van der Waals surface area contributed by atoms with E-state index in [0.29, 0.717) is 0 Å². The Kier molecular flexibility index (Phi) is 5.38. The van der Waals surface area contributed by atoms with Gasteiger partial charge in [0.2, 0.25) is 15.8 Å². The first-order valence-corrected chi connectivity index (χ1v) is 8.67. The molecule has 2 atom stereocenters. The Balaban J connectivity index is 2.08. The largest absolute Gasteiger partial charge is 0.352 e. The highest BCUT2D eigenvalue weighted by atomic mass is 127. The van der Waals surface area contributed by atoms with Crippen LogP contribution in [-0.2, 0) is 24.2 Å². The molecule has 1 heterocycles. The fourth-order valence-corrected chi connectivity index (χ4v) is 3.22. The van der Waals surface area contributed by atoms with E-state index in [1.807, 2.05) is 0 Å². The van der Waals surface area contributed by atoms with Crippen molar-refractivity contribution in [2.45, 2.75) is 17.0 Å². The fourth-order valence-electron chi connectivity index (χ4n) is 1.81. The summed E-state index contributed by atoms with van der Waals surface area (Å²) >= 11 is 2.11. The van der Waals surface area contributed by atoms with E-state index in [1.54, 1.807) is 36.4 Å². The van der Waals surface area contributed by atoms with Crippen molar-refractivity contribution in [2.75, 3.05) is 20.8 Å². The smallest absolute Gasteiger partial charge is 0.240 e. The molecule has 0 aliphatic carbocycles.